The van der Waals surface area contributed by atoms with Crippen molar-refractivity contribution in [3.05, 3.63) is 11.2 Å². The van der Waals surface area contributed by atoms with E-state index in [4.69, 9.17) is 21.1 Å². The fourth-order valence-electron chi connectivity index (χ4n) is 2.45. The molecule has 0 radical (unpaired) electrons. The Morgan fingerprint density at radius 3 is 2.81 bits per heavy atom. The number of piperidine rings is 1. The fourth-order valence-corrected chi connectivity index (χ4v) is 2.61. The molecule has 0 atom stereocenters. The molecule has 118 valence electrons. The van der Waals surface area contributed by atoms with Crippen LogP contribution < -0.4 is 10.1 Å². The summed E-state index contributed by atoms with van der Waals surface area (Å²) in [6.45, 7) is 4.94. The van der Waals surface area contributed by atoms with Crippen LogP contribution in [0.1, 0.15) is 12.8 Å². The van der Waals surface area contributed by atoms with Gasteiger partial charge in [0.25, 0.3) is 0 Å². The topological polar surface area (TPSA) is 59.5 Å². The van der Waals surface area contributed by atoms with Crippen LogP contribution in [0.5, 0.6) is 6.01 Å². The highest BCUT2D eigenvalue weighted by molar-refractivity contribution is 6.32. The van der Waals surface area contributed by atoms with Crippen molar-refractivity contribution in [3.63, 3.8) is 0 Å². The van der Waals surface area contributed by atoms with Crippen LogP contribution in [0.3, 0.4) is 0 Å². The van der Waals surface area contributed by atoms with Crippen LogP contribution in [0.2, 0.25) is 5.02 Å². The molecule has 0 saturated carbocycles. The summed E-state index contributed by atoms with van der Waals surface area (Å²) in [6.07, 6.45) is 3.91. The smallest absolute Gasteiger partial charge is 0.318 e. The van der Waals surface area contributed by atoms with Crippen LogP contribution in [0, 0.1) is 5.92 Å². The number of hydrogen-bond acceptors (Lipinski definition) is 6. The molecule has 1 saturated heterocycles. The minimum atomic E-state index is 0.330. The first-order valence-electron chi connectivity index (χ1n) is 7.24. The molecule has 2 heterocycles. The van der Waals surface area contributed by atoms with Crippen LogP contribution in [-0.4, -0.2) is 61.9 Å². The highest BCUT2D eigenvalue weighted by Crippen LogP contribution is 2.22. The lowest BCUT2D eigenvalue weighted by Crippen LogP contribution is -2.37. The first kappa shape index (κ1) is 16.3. The van der Waals surface area contributed by atoms with E-state index < -0.39 is 0 Å². The molecule has 1 aliphatic heterocycles. The van der Waals surface area contributed by atoms with Crippen molar-refractivity contribution in [2.24, 2.45) is 5.92 Å². The van der Waals surface area contributed by atoms with Crippen molar-refractivity contribution in [2.75, 3.05) is 52.3 Å². The van der Waals surface area contributed by atoms with E-state index in [9.17, 15) is 0 Å². The van der Waals surface area contributed by atoms with Crippen molar-refractivity contribution in [3.8, 4) is 6.01 Å². The number of methoxy groups -OCH3 is 2. The van der Waals surface area contributed by atoms with Crippen molar-refractivity contribution in [1.82, 2.24) is 14.9 Å². The highest BCUT2D eigenvalue weighted by Gasteiger charge is 2.19. The SMILES string of the molecule is COCCN1CCC(CNc2nc(OC)ncc2Cl)CC1. The third-order valence-electron chi connectivity index (χ3n) is 3.78. The molecule has 0 unspecified atom stereocenters. The Balaban J connectivity index is 1.77. The van der Waals surface area contributed by atoms with Gasteiger partial charge < -0.3 is 19.7 Å². The maximum absolute atomic E-state index is 6.09. The number of likely N-dealkylation sites (tertiary alicyclic amines) is 1. The quantitative estimate of drug-likeness (QED) is 0.829. The molecule has 7 heteroatoms. The molecule has 0 aromatic carbocycles. The number of rotatable bonds is 7. The van der Waals surface area contributed by atoms with E-state index in [-0.39, 0.29) is 0 Å². The lowest BCUT2D eigenvalue weighted by molar-refractivity contribution is 0.122. The second kappa shape index (κ2) is 8.36. The van der Waals surface area contributed by atoms with Gasteiger partial charge in [-0.1, -0.05) is 11.6 Å². The Bertz CT molecular complexity index is 439. The molecule has 0 aliphatic carbocycles. The zero-order valence-electron chi connectivity index (χ0n) is 12.6. The molecule has 0 spiro atoms. The first-order valence-corrected chi connectivity index (χ1v) is 7.62. The number of nitrogens with zero attached hydrogens (tertiary/aromatic N) is 3. The van der Waals surface area contributed by atoms with E-state index >= 15 is 0 Å². The summed E-state index contributed by atoms with van der Waals surface area (Å²) in [5.41, 5.74) is 0. The van der Waals surface area contributed by atoms with Gasteiger partial charge >= 0.3 is 6.01 Å². The van der Waals surface area contributed by atoms with Crippen LogP contribution in [0.25, 0.3) is 0 Å². The summed E-state index contributed by atoms with van der Waals surface area (Å²) in [5, 5.41) is 3.83. The molecule has 21 heavy (non-hydrogen) atoms. The largest absolute Gasteiger partial charge is 0.467 e. The summed E-state index contributed by atoms with van der Waals surface area (Å²) >= 11 is 6.09. The van der Waals surface area contributed by atoms with Crippen molar-refractivity contribution >= 4 is 17.4 Å². The molecular weight excluding hydrogens is 292 g/mol. The summed E-state index contributed by atoms with van der Waals surface area (Å²) < 4.78 is 10.1. The second-order valence-electron chi connectivity index (χ2n) is 5.21. The van der Waals surface area contributed by atoms with Crippen molar-refractivity contribution < 1.29 is 9.47 Å². The van der Waals surface area contributed by atoms with Crippen LogP contribution >= 0.6 is 11.6 Å². The van der Waals surface area contributed by atoms with Gasteiger partial charge in [0.1, 0.15) is 5.02 Å². The molecule has 6 nitrogen and oxygen atoms in total. The van der Waals surface area contributed by atoms with Crippen molar-refractivity contribution in [2.45, 2.75) is 12.8 Å². The van der Waals surface area contributed by atoms with Crippen LogP contribution in [0.4, 0.5) is 5.82 Å². The molecule has 0 amide bonds. The molecular formula is C14H23ClN4O2. The summed E-state index contributed by atoms with van der Waals surface area (Å²) in [6, 6.07) is 0.330. The van der Waals surface area contributed by atoms with Gasteiger partial charge in [-0.3, -0.25) is 0 Å². The van der Waals surface area contributed by atoms with Crippen LogP contribution in [0.15, 0.2) is 6.20 Å². The summed E-state index contributed by atoms with van der Waals surface area (Å²) in [7, 11) is 3.29. The highest BCUT2D eigenvalue weighted by atomic mass is 35.5. The van der Waals surface area contributed by atoms with E-state index in [1.165, 1.54) is 12.8 Å². The van der Waals surface area contributed by atoms with Gasteiger partial charge in [-0.05, 0) is 31.8 Å². The number of anilines is 1. The number of hydrogen-bond donors (Lipinski definition) is 1. The average molecular weight is 315 g/mol. The van der Waals surface area contributed by atoms with Gasteiger partial charge in [0.05, 0.1) is 19.9 Å². The Labute approximate surface area is 130 Å². The standard InChI is InChI=1S/C14H23ClN4O2/c1-20-8-7-19-5-3-11(4-6-19)9-16-13-12(15)10-17-14(18-13)21-2/h10-11H,3-9H2,1-2H3,(H,16,17,18). The zero-order chi connectivity index (χ0) is 15.1. The molecule has 2 rings (SSSR count). The van der Waals surface area contributed by atoms with Gasteiger partial charge in [-0.15, -0.1) is 0 Å². The van der Waals surface area contributed by atoms with E-state index in [0.29, 0.717) is 22.8 Å². The van der Waals surface area contributed by atoms with Gasteiger partial charge in [0, 0.05) is 20.2 Å². The molecule has 1 N–H and O–H groups in total. The van der Waals surface area contributed by atoms with Crippen LogP contribution in [-0.2, 0) is 4.74 Å². The predicted octanol–water partition coefficient (Wildman–Crippen LogP) is 1.91. The second-order valence-corrected chi connectivity index (χ2v) is 5.62. The number of ether oxygens (including phenoxy) is 2. The first-order chi connectivity index (χ1) is 10.2. The zero-order valence-corrected chi connectivity index (χ0v) is 13.4. The third-order valence-corrected chi connectivity index (χ3v) is 4.06. The summed E-state index contributed by atoms with van der Waals surface area (Å²) in [4.78, 5) is 10.6. The Hall–Kier alpha value is -1.11. The van der Waals surface area contributed by atoms with E-state index in [2.05, 4.69) is 20.2 Å². The lowest BCUT2D eigenvalue weighted by atomic mass is 9.97. The van der Waals surface area contributed by atoms with Gasteiger partial charge in [0.2, 0.25) is 0 Å². The maximum Gasteiger partial charge on any atom is 0.318 e. The third kappa shape index (κ3) is 4.98. The van der Waals surface area contributed by atoms with Gasteiger partial charge in [-0.2, -0.15) is 4.98 Å². The Morgan fingerprint density at radius 2 is 2.14 bits per heavy atom. The molecule has 1 fully saturated rings. The summed E-state index contributed by atoms with van der Waals surface area (Å²) in [5.74, 6) is 1.28. The number of aromatic nitrogens is 2. The molecule has 1 aliphatic rings. The van der Waals surface area contributed by atoms with Crippen molar-refractivity contribution in [1.29, 1.82) is 0 Å². The lowest BCUT2D eigenvalue weighted by Gasteiger charge is -2.31. The van der Waals surface area contributed by atoms with E-state index in [1.807, 2.05) is 0 Å². The average Bonchev–Trinajstić information content (AvgIpc) is 2.53. The van der Waals surface area contributed by atoms with E-state index in [1.54, 1.807) is 20.4 Å². The maximum atomic E-state index is 6.09. The molecule has 1 aromatic heterocycles. The monoisotopic (exact) mass is 314 g/mol. The molecule has 0 bridgehead atoms. The predicted molar refractivity (Wildman–Crippen MR) is 83.1 cm³/mol. The number of nitrogens with one attached hydrogen (secondary N) is 1. The minimum Gasteiger partial charge on any atom is -0.467 e. The Morgan fingerprint density at radius 1 is 1.38 bits per heavy atom. The fraction of sp³-hybridized carbons (Fsp3) is 0.714. The Kier molecular flexibility index (Phi) is 6.48. The minimum absolute atomic E-state index is 0.330. The van der Waals surface area contributed by atoms with E-state index in [0.717, 1.165) is 32.8 Å². The normalized spacial score (nSPS) is 16.9. The van der Waals surface area contributed by atoms with Gasteiger partial charge in [-0.25, -0.2) is 4.98 Å². The van der Waals surface area contributed by atoms with Gasteiger partial charge in [0.15, 0.2) is 5.82 Å². The molecule has 1 aromatic rings. The number of halogens is 1.